The number of hydrogen-bond acceptors (Lipinski definition) is 4. The number of carbonyl (C=O) groups excluding carboxylic acids is 1. The van der Waals surface area contributed by atoms with Gasteiger partial charge in [-0.05, 0) is 54.3 Å². The maximum absolute atomic E-state index is 13.6. The van der Waals surface area contributed by atoms with Crippen LogP contribution in [0.3, 0.4) is 0 Å². The molecular weight excluding hydrogens is 468 g/mol. The zero-order valence-corrected chi connectivity index (χ0v) is 19.5. The average Bonchev–Trinajstić information content (AvgIpc) is 3.07. The monoisotopic (exact) mass is 488 g/mol. The Labute approximate surface area is 193 Å². The second kappa shape index (κ2) is 7.71. The normalized spacial score (nSPS) is 15.6. The van der Waals surface area contributed by atoms with Crippen molar-refractivity contribution >= 4 is 38.6 Å². The van der Waals surface area contributed by atoms with Crippen molar-refractivity contribution in [1.29, 1.82) is 0 Å². The third-order valence-electron chi connectivity index (χ3n) is 5.87. The van der Waals surface area contributed by atoms with E-state index in [2.05, 4.69) is 34.8 Å². The number of aryl methyl sites for hydroxylation is 1. The first kappa shape index (κ1) is 20.6. The van der Waals surface area contributed by atoms with E-state index < -0.39 is 6.04 Å². The molecule has 1 aliphatic rings. The van der Waals surface area contributed by atoms with Gasteiger partial charge in [-0.25, -0.2) is 4.98 Å². The maximum Gasteiger partial charge on any atom is 0.296 e. The largest absolute Gasteiger partial charge is 0.450 e. The molecule has 32 heavy (non-hydrogen) atoms. The molecule has 6 heteroatoms. The van der Waals surface area contributed by atoms with Gasteiger partial charge >= 0.3 is 0 Å². The van der Waals surface area contributed by atoms with Gasteiger partial charge in [0.2, 0.25) is 5.76 Å². The van der Waals surface area contributed by atoms with Crippen LogP contribution in [0.5, 0.6) is 0 Å². The lowest BCUT2D eigenvalue weighted by Crippen LogP contribution is -2.30. The van der Waals surface area contributed by atoms with Gasteiger partial charge in [0, 0.05) is 10.2 Å². The van der Waals surface area contributed by atoms with Gasteiger partial charge in [-0.1, -0.05) is 60.1 Å². The number of fused-ring (bicyclic) bond motifs is 2. The smallest absolute Gasteiger partial charge is 0.296 e. The molecule has 0 fully saturated rings. The minimum absolute atomic E-state index is 0.0751. The van der Waals surface area contributed by atoms with Gasteiger partial charge in [0.15, 0.2) is 5.43 Å². The SMILES string of the molecule is Cc1cccc(N2C(=O)c3oc4ccc(Br)cc4c(=O)c3[C@@H]2c2ccc(C(C)C)cc2)n1. The van der Waals surface area contributed by atoms with Crippen LogP contribution in [0.25, 0.3) is 11.0 Å². The summed E-state index contributed by atoms with van der Waals surface area (Å²) in [5.74, 6) is 0.579. The minimum atomic E-state index is -0.618. The number of aromatic nitrogens is 1. The molecular formula is C26H21BrN2O3. The molecule has 2 aromatic carbocycles. The van der Waals surface area contributed by atoms with Crippen molar-refractivity contribution in [3.8, 4) is 0 Å². The molecule has 0 spiro atoms. The Hall–Kier alpha value is -3.25. The van der Waals surface area contributed by atoms with E-state index in [1.165, 1.54) is 5.56 Å². The summed E-state index contributed by atoms with van der Waals surface area (Å²) in [6, 6.07) is 18.2. The molecule has 1 atom stereocenters. The molecule has 0 saturated carbocycles. The van der Waals surface area contributed by atoms with E-state index in [4.69, 9.17) is 4.42 Å². The molecule has 1 amide bonds. The number of rotatable bonds is 3. The maximum atomic E-state index is 13.6. The van der Waals surface area contributed by atoms with E-state index in [0.717, 1.165) is 15.7 Å². The van der Waals surface area contributed by atoms with Crippen molar-refractivity contribution in [3.63, 3.8) is 0 Å². The standard InChI is InChI=1S/C26H21BrN2O3/c1-14(2)16-7-9-17(10-8-16)23-22-24(30)19-13-18(27)11-12-20(19)32-25(22)26(31)29(23)21-6-4-5-15(3)28-21/h4-14,23H,1-3H3/t23-/m0/s1. The van der Waals surface area contributed by atoms with E-state index in [1.54, 1.807) is 29.2 Å². The van der Waals surface area contributed by atoms with Crippen LogP contribution < -0.4 is 10.3 Å². The number of amides is 1. The fourth-order valence-corrected chi connectivity index (χ4v) is 4.58. The molecule has 3 heterocycles. The summed E-state index contributed by atoms with van der Waals surface area (Å²) < 4.78 is 6.78. The minimum Gasteiger partial charge on any atom is -0.450 e. The second-order valence-electron chi connectivity index (χ2n) is 8.35. The van der Waals surface area contributed by atoms with Crippen molar-refractivity contribution in [2.75, 3.05) is 4.90 Å². The van der Waals surface area contributed by atoms with Gasteiger partial charge in [-0.3, -0.25) is 14.5 Å². The molecule has 0 bridgehead atoms. The fourth-order valence-electron chi connectivity index (χ4n) is 4.22. The summed E-state index contributed by atoms with van der Waals surface area (Å²) in [7, 11) is 0. The van der Waals surface area contributed by atoms with Crippen molar-refractivity contribution in [3.05, 3.63) is 104 Å². The van der Waals surface area contributed by atoms with Crippen LogP contribution in [-0.4, -0.2) is 10.9 Å². The van der Waals surface area contributed by atoms with Crippen LogP contribution in [0.4, 0.5) is 5.82 Å². The van der Waals surface area contributed by atoms with Crippen LogP contribution in [0.15, 0.2) is 74.3 Å². The highest BCUT2D eigenvalue weighted by Crippen LogP contribution is 2.41. The highest BCUT2D eigenvalue weighted by Gasteiger charge is 2.44. The predicted octanol–water partition coefficient (Wildman–Crippen LogP) is 6.13. The number of hydrogen-bond donors (Lipinski definition) is 0. The first-order valence-corrected chi connectivity index (χ1v) is 11.3. The average molecular weight is 489 g/mol. The molecule has 160 valence electrons. The summed E-state index contributed by atoms with van der Waals surface area (Å²) in [6.45, 7) is 6.13. The molecule has 4 aromatic rings. The van der Waals surface area contributed by atoms with Gasteiger partial charge in [-0.15, -0.1) is 0 Å². The van der Waals surface area contributed by atoms with Crippen molar-refractivity contribution < 1.29 is 9.21 Å². The quantitative estimate of drug-likeness (QED) is 0.347. The van der Waals surface area contributed by atoms with Gasteiger partial charge < -0.3 is 4.42 Å². The zero-order chi connectivity index (χ0) is 22.6. The fraction of sp³-hybridized carbons (Fsp3) is 0.192. The first-order valence-electron chi connectivity index (χ1n) is 10.5. The number of pyridine rings is 1. The van der Waals surface area contributed by atoms with Crippen LogP contribution in [0, 0.1) is 6.92 Å². The van der Waals surface area contributed by atoms with E-state index >= 15 is 0 Å². The molecule has 5 nitrogen and oxygen atoms in total. The third kappa shape index (κ3) is 3.26. The summed E-state index contributed by atoms with van der Waals surface area (Å²) in [5.41, 5.74) is 3.34. The van der Waals surface area contributed by atoms with Gasteiger partial charge in [-0.2, -0.15) is 0 Å². The Morgan fingerprint density at radius 2 is 1.78 bits per heavy atom. The molecule has 0 unspecified atom stereocenters. The Balaban J connectivity index is 1.79. The summed E-state index contributed by atoms with van der Waals surface area (Å²) in [5, 5.41) is 0.439. The highest BCUT2D eigenvalue weighted by molar-refractivity contribution is 9.10. The number of carbonyl (C=O) groups is 1. The number of benzene rings is 2. The van der Waals surface area contributed by atoms with E-state index in [0.29, 0.717) is 28.3 Å². The van der Waals surface area contributed by atoms with Crippen LogP contribution in [0.2, 0.25) is 0 Å². The number of nitrogens with zero attached hydrogens (tertiary/aromatic N) is 2. The number of anilines is 1. The molecule has 0 aliphatic carbocycles. The lowest BCUT2D eigenvalue weighted by atomic mass is 9.95. The molecule has 0 saturated heterocycles. The molecule has 0 radical (unpaired) electrons. The predicted molar refractivity (Wildman–Crippen MR) is 128 cm³/mol. The van der Waals surface area contributed by atoms with Gasteiger partial charge in [0.05, 0.1) is 17.0 Å². The van der Waals surface area contributed by atoms with E-state index in [9.17, 15) is 9.59 Å². The second-order valence-corrected chi connectivity index (χ2v) is 9.27. The number of halogens is 1. The third-order valence-corrected chi connectivity index (χ3v) is 6.36. The summed E-state index contributed by atoms with van der Waals surface area (Å²) in [4.78, 5) is 33.4. The Morgan fingerprint density at radius 3 is 2.47 bits per heavy atom. The molecule has 2 aromatic heterocycles. The van der Waals surface area contributed by atoms with Crippen molar-refractivity contribution in [1.82, 2.24) is 4.98 Å². The Kier molecular flexibility index (Phi) is 4.97. The van der Waals surface area contributed by atoms with Crippen molar-refractivity contribution in [2.45, 2.75) is 32.7 Å². The summed E-state index contributed by atoms with van der Waals surface area (Å²) >= 11 is 3.43. The van der Waals surface area contributed by atoms with Crippen LogP contribution in [0.1, 0.15) is 58.7 Å². The van der Waals surface area contributed by atoms with Crippen molar-refractivity contribution in [2.24, 2.45) is 0 Å². The van der Waals surface area contributed by atoms with E-state index in [1.807, 2.05) is 43.3 Å². The van der Waals surface area contributed by atoms with E-state index in [-0.39, 0.29) is 17.1 Å². The van der Waals surface area contributed by atoms with Crippen LogP contribution >= 0.6 is 15.9 Å². The molecule has 5 rings (SSSR count). The zero-order valence-electron chi connectivity index (χ0n) is 17.9. The summed E-state index contributed by atoms with van der Waals surface area (Å²) in [6.07, 6.45) is 0. The van der Waals surface area contributed by atoms with Gasteiger partial charge in [0.1, 0.15) is 11.4 Å². The highest BCUT2D eigenvalue weighted by atomic mass is 79.9. The lowest BCUT2D eigenvalue weighted by Gasteiger charge is -2.24. The Bertz CT molecular complexity index is 1420. The molecule has 0 N–H and O–H groups in total. The molecule has 1 aliphatic heterocycles. The topological polar surface area (TPSA) is 63.4 Å². The Morgan fingerprint density at radius 1 is 1.03 bits per heavy atom. The lowest BCUT2D eigenvalue weighted by molar-refractivity contribution is 0.0970. The first-order chi connectivity index (χ1) is 15.3. The van der Waals surface area contributed by atoms with Gasteiger partial charge in [0.25, 0.3) is 5.91 Å². The van der Waals surface area contributed by atoms with Crippen LogP contribution in [-0.2, 0) is 0 Å².